The van der Waals surface area contributed by atoms with Crippen LogP contribution in [0, 0.1) is 0 Å². The van der Waals surface area contributed by atoms with E-state index in [-0.39, 0.29) is 0 Å². The zero-order chi connectivity index (χ0) is 3.86. The molecule has 0 spiro atoms. The molecule has 5 heteroatoms. The normalized spacial score (nSPS) is 34.8. The summed E-state index contributed by atoms with van der Waals surface area (Å²) in [6.07, 6.45) is 0. The van der Waals surface area contributed by atoms with Crippen LogP contribution in [0.2, 0.25) is 0 Å². The van der Waals surface area contributed by atoms with E-state index in [2.05, 4.69) is 14.7 Å². The van der Waals surface area contributed by atoms with Crippen LogP contribution < -0.4 is 5.34 Å². The third kappa shape index (κ3) is 0.607. The van der Waals surface area contributed by atoms with Crippen molar-refractivity contribution in [2.75, 3.05) is 0 Å². The number of nitrogens with zero attached hydrogens (tertiary/aromatic N) is 1. The van der Waals surface area contributed by atoms with Crippen LogP contribution in [0.1, 0.15) is 0 Å². The molecule has 0 saturated carbocycles. The number of rotatable bonds is 0. The lowest BCUT2D eigenvalue weighted by Crippen LogP contribution is -1.90. The van der Waals surface area contributed by atoms with Crippen LogP contribution in [-0.4, -0.2) is 16.9 Å². The third-order valence-corrected chi connectivity index (χ3v) is 0.892. The van der Waals surface area contributed by atoms with Gasteiger partial charge in [0.1, 0.15) is 0 Å². The molecular weight excluding hydrogens is 85.8 g/mol. The first kappa shape index (κ1) is 3.56. The molecule has 0 bridgehead atoms. The molecule has 1 saturated heterocycles. The van der Waals surface area contributed by atoms with E-state index in [9.17, 15) is 0 Å². The molecule has 3 nitrogen and oxygen atoms in total. The Morgan fingerprint density at radius 2 is 2.20 bits per heavy atom. The van der Waals surface area contributed by atoms with E-state index in [4.69, 9.17) is 5.02 Å². The van der Waals surface area contributed by atoms with Crippen molar-refractivity contribution in [2.45, 2.75) is 0 Å². The Bertz CT molecular complexity index is 42.9. The lowest BCUT2D eigenvalue weighted by atomic mass is 10.2. The summed E-state index contributed by atoms with van der Waals surface area (Å²) in [4.78, 5) is 0. The summed E-state index contributed by atoms with van der Waals surface area (Å²) in [6, 6.07) is 0. The molecular formula is H4BN2OP. The maximum absolute atomic E-state index is 8.23. The van der Waals surface area contributed by atoms with Gasteiger partial charge in [0.15, 0.2) is 0 Å². The van der Waals surface area contributed by atoms with Crippen LogP contribution in [0.25, 0.3) is 0 Å². The van der Waals surface area contributed by atoms with Crippen LogP contribution in [-0.2, 0) is 0 Å². The highest BCUT2D eigenvalue weighted by Crippen LogP contribution is 2.04. The van der Waals surface area contributed by atoms with Crippen LogP contribution in [0.4, 0.5) is 0 Å². The molecule has 1 aliphatic rings. The first-order valence-electron chi connectivity index (χ1n) is 1.29. The lowest BCUT2D eigenvalue weighted by molar-refractivity contribution is 0.588. The molecule has 0 aromatic heterocycles. The van der Waals surface area contributed by atoms with Gasteiger partial charge in [0.2, 0.25) is 0 Å². The highest BCUT2D eigenvalue weighted by atomic mass is 31.0. The highest BCUT2D eigenvalue weighted by molar-refractivity contribution is 7.18. The summed E-state index contributed by atoms with van der Waals surface area (Å²) in [7, 11) is 1.88. The molecule has 2 atom stereocenters. The molecule has 0 radical (unpaired) electrons. The van der Waals surface area contributed by atoms with E-state index in [1.807, 2.05) is 0 Å². The standard InChI is InChI=1S/BH4N2OP/c4-1-2-3(1)5/h2,4H,5H2. The van der Waals surface area contributed by atoms with Gasteiger partial charge in [-0.2, -0.15) is 0 Å². The van der Waals surface area contributed by atoms with E-state index >= 15 is 0 Å². The second kappa shape index (κ2) is 0.916. The second-order valence-electron chi connectivity index (χ2n) is 0.910. The van der Waals surface area contributed by atoms with Crippen LogP contribution in [0.5, 0.6) is 0 Å². The zero-order valence-electron chi connectivity index (χ0n) is 2.55. The maximum Gasteiger partial charge on any atom is 0.504 e. The van der Waals surface area contributed by atoms with Gasteiger partial charge in [-0.25, -0.2) is 4.69 Å². The number of hydrogen-bond acceptors (Lipinski definition) is 3. The average Bonchev–Trinajstić information content (AvgIpc) is 1.79. The Kier molecular flexibility index (Phi) is 0.653. The van der Waals surface area contributed by atoms with Gasteiger partial charge in [-0.05, 0) is 0 Å². The van der Waals surface area contributed by atoms with Crippen molar-refractivity contribution in [1.29, 1.82) is 0 Å². The molecule has 1 heterocycles. The maximum atomic E-state index is 8.23. The predicted molar refractivity (Wildman–Crippen MR) is 22.7 cm³/mol. The minimum atomic E-state index is -0.403. The minimum absolute atomic E-state index is 0.403. The van der Waals surface area contributed by atoms with E-state index in [1.165, 1.54) is 4.69 Å². The van der Waals surface area contributed by atoms with Crippen molar-refractivity contribution in [3.8, 4) is 0 Å². The fourth-order valence-corrected chi connectivity index (χ4v) is 0.233. The Morgan fingerprint density at radius 3 is 2.20 bits per heavy atom. The van der Waals surface area contributed by atoms with E-state index < -0.39 is 7.19 Å². The first-order valence-corrected chi connectivity index (χ1v) is 1.80. The molecule has 0 amide bonds. The van der Waals surface area contributed by atoms with Gasteiger partial charge in [0.25, 0.3) is 0 Å². The van der Waals surface area contributed by atoms with E-state index in [0.29, 0.717) is 0 Å². The van der Waals surface area contributed by atoms with Crippen molar-refractivity contribution in [3.05, 3.63) is 0 Å². The minimum Gasteiger partial charge on any atom is -0.422 e. The van der Waals surface area contributed by atoms with Crippen molar-refractivity contribution in [3.63, 3.8) is 0 Å². The van der Waals surface area contributed by atoms with E-state index in [1.54, 1.807) is 0 Å². The number of nitrogens with one attached hydrogen (secondary N) is 1. The summed E-state index contributed by atoms with van der Waals surface area (Å²) in [6.45, 7) is 0. The topological polar surface area (TPSA) is 45.2 Å². The molecule has 5 heavy (non-hydrogen) atoms. The summed E-state index contributed by atoms with van der Waals surface area (Å²) >= 11 is 0. The molecule has 0 aromatic rings. The molecule has 0 aliphatic carbocycles. The fourth-order valence-electron chi connectivity index (χ4n) is 0.100. The van der Waals surface area contributed by atoms with Crippen LogP contribution in [0.15, 0.2) is 0 Å². The summed E-state index contributed by atoms with van der Waals surface area (Å²) in [5, 5.41) is 10.8. The Morgan fingerprint density at radius 1 is 2.00 bits per heavy atom. The first-order chi connectivity index (χ1) is 2.30. The van der Waals surface area contributed by atoms with E-state index in [0.717, 1.165) is 0 Å². The fraction of sp³-hybridized carbons (Fsp3) is 0. The number of hydrogen-bond donors (Lipinski definition) is 2. The van der Waals surface area contributed by atoms with Gasteiger partial charge in [-0.15, -0.1) is 0 Å². The monoisotopic (exact) mass is 90.0 g/mol. The molecule has 1 rings (SSSR count). The Balaban J connectivity index is 2.20. The summed E-state index contributed by atoms with van der Waals surface area (Å²) < 4.78 is 1.51. The lowest BCUT2D eigenvalue weighted by Gasteiger charge is -1.68. The SMILES string of the molecule is OB1NN1P. The predicted octanol–water partition coefficient (Wildman–Crippen LogP) is -1.43. The molecule has 2 unspecified atom stereocenters. The molecule has 28 valence electrons. The largest absolute Gasteiger partial charge is 0.504 e. The summed E-state index contributed by atoms with van der Waals surface area (Å²) in [5.74, 6) is 0. The summed E-state index contributed by atoms with van der Waals surface area (Å²) in [5.41, 5.74) is 0. The van der Waals surface area contributed by atoms with Gasteiger partial charge in [0, 0.05) is 0 Å². The highest BCUT2D eigenvalue weighted by Gasteiger charge is 2.34. The average molecular weight is 89.8 g/mol. The van der Waals surface area contributed by atoms with Crippen LogP contribution >= 0.6 is 9.39 Å². The van der Waals surface area contributed by atoms with Gasteiger partial charge >= 0.3 is 7.19 Å². The molecule has 2 N–H and O–H groups in total. The van der Waals surface area contributed by atoms with Crippen LogP contribution in [0.3, 0.4) is 0 Å². The second-order valence-corrected chi connectivity index (χ2v) is 1.47. The van der Waals surface area contributed by atoms with Crippen molar-refractivity contribution < 1.29 is 5.02 Å². The van der Waals surface area contributed by atoms with Gasteiger partial charge in [-0.1, -0.05) is 9.39 Å². The van der Waals surface area contributed by atoms with Gasteiger partial charge in [0.05, 0.1) is 0 Å². The Labute approximate surface area is 32.7 Å². The molecule has 1 aliphatic heterocycles. The quantitative estimate of drug-likeness (QED) is 0.218. The van der Waals surface area contributed by atoms with Crippen molar-refractivity contribution in [2.24, 2.45) is 0 Å². The molecule has 0 aromatic carbocycles. The molecule has 1 fully saturated rings. The third-order valence-electron chi connectivity index (χ3n) is 0.460. The number of hydrazine groups is 1. The van der Waals surface area contributed by atoms with Gasteiger partial charge < -0.3 is 5.02 Å². The smallest absolute Gasteiger partial charge is 0.422 e. The Hall–Kier alpha value is 0.375. The van der Waals surface area contributed by atoms with Crippen molar-refractivity contribution in [1.82, 2.24) is 10.0 Å². The zero-order valence-corrected chi connectivity index (χ0v) is 3.70. The van der Waals surface area contributed by atoms with Gasteiger partial charge in [-0.3, -0.25) is 5.34 Å². The van der Waals surface area contributed by atoms with Crippen molar-refractivity contribution >= 4 is 16.6 Å².